The van der Waals surface area contributed by atoms with Gasteiger partial charge in [0.15, 0.2) is 0 Å². The van der Waals surface area contributed by atoms with E-state index >= 15 is 0 Å². The van der Waals surface area contributed by atoms with Gasteiger partial charge in [0.05, 0.1) is 6.10 Å². The minimum absolute atomic E-state index is 0.424. The van der Waals surface area contributed by atoms with Crippen molar-refractivity contribution in [3.05, 3.63) is 12.2 Å². The average Bonchev–Trinajstić information content (AvgIpc) is 2.20. The third-order valence-electron chi connectivity index (χ3n) is 2.92. The van der Waals surface area contributed by atoms with Crippen molar-refractivity contribution in [1.29, 1.82) is 0 Å². The van der Waals surface area contributed by atoms with Crippen molar-refractivity contribution >= 4 is 0 Å². The van der Waals surface area contributed by atoms with E-state index in [2.05, 4.69) is 18.8 Å². The van der Waals surface area contributed by atoms with Gasteiger partial charge in [0.2, 0.25) is 0 Å². The Bertz CT molecular complexity index is 173. The average molecular weight is 197 g/mol. The normalized spacial score (nSPS) is 24.6. The maximum Gasteiger partial charge on any atom is 0.0728 e. The van der Waals surface area contributed by atoms with Crippen LogP contribution < -0.4 is 5.32 Å². The summed E-state index contributed by atoms with van der Waals surface area (Å²) in [5.74, 6) is 0. The predicted molar refractivity (Wildman–Crippen MR) is 60.5 cm³/mol. The molecular weight excluding hydrogens is 174 g/mol. The van der Waals surface area contributed by atoms with Gasteiger partial charge < -0.3 is 10.1 Å². The van der Waals surface area contributed by atoms with E-state index in [-0.39, 0.29) is 0 Å². The summed E-state index contributed by atoms with van der Waals surface area (Å²) in [6.45, 7) is 6.97. The van der Waals surface area contributed by atoms with Crippen molar-refractivity contribution in [2.45, 2.75) is 51.2 Å². The molecule has 2 heteroatoms. The zero-order valence-electron chi connectivity index (χ0n) is 9.51. The van der Waals surface area contributed by atoms with Crippen molar-refractivity contribution in [2.24, 2.45) is 0 Å². The van der Waals surface area contributed by atoms with Gasteiger partial charge in [0, 0.05) is 12.6 Å². The highest BCUT2D eigenvalue weighted by Crippen LogP contribution is 2.19. The SMILES string of the molecule is C=C(C)CCC(NC)C1CCCCO1. The van der Waals surface area contributed by atoms with Crippen LogP contribution in [0.15, 0.2) is 12.2 Å². The Balaban J connectivity index is 2.31. The molecule has 1 heterocycles. The van der Waals surface area contributed by atoms with Crippen LogP contribution in [0, 0.1) is 0 Å². The zero-order chi connectivity index (χ0) is 10.4. The third-order valence-corrected chi connectivity index (χ3v) is 2.92. The highest BCUT2D eigenvalue weighted by molar-refractivity contribution is 4.91. The molecule has 1 rings (SSSR count). The minimum atomic E-state index is 0.424. The lowest BCUT2D eigenvalue weighted by Gasteiger charge is -2.30. The standard InChI is InChI=1S/C12H23NO/c1-10(2)7-8-11(13-3)12-6-4-5-9-14-12/h11-13H,1,4-9H2,2-3H3. The molecular formula is C12H23NO. The topological polar surface area (TPSA) is 21.3 Å². The predicted octanol–water partition coefficient (Wildman–Crippen LogP) is 2.50. The lowest BCUT2D eigenvalue weighted by atomic mass is 9.97. The lowest BCUT2D eigenvalue weighted by molar-refractivity contribution is -0.00759. The summed E-state index contributed by atoms with van der Waals surface area (Å²) in [5, 5.41) is 3.36. The summed E-state index contributed by atoms with van der Waals surface area (Å²) >= 11 is 0. The van der Waals surface area contributed by atoms with Crippen LogP contribution in [0.25, 0.3) is 0 Å². The number of hydrogen-bond acceptors (Lipinski definition) is 2. The third kappa shape index (κ3) is 3.81. The molecule has 0 radical (unpaired) electrons. The lowest BCUT2D eigenvalue weighted by Crippen LogP contribution is -2.41. The van der Waals surface area contributed by atoms with Gasteiger partial charge in [-0.3, -0.25) is 0 Å². The van der Waals surface area contributed by atoms with Crippen molar-refractivity contribution in [2.75, 3.05) is 13.7 Å². The highest BCUT2D eigenvalue weighted by atomic mass is 16.5. The van der Waals surface area contributed by atoms with E-state index in [1.54, 1.807) is 0 Å². The van der Waals surface area contributed by atoms with Crippen LogP contribution >= 0.6 is 0 Å². The second kappa shape index (κ2) is 6.20. The fourth-order valence-electron chi connectivity index (χ4n) is 2.00. The van der Waals surface area contributed by atoms with Crippen LogP contribution in [-0.2, 0) is 4.74 Å². The fraction of sp³-hybridized carbons (Fsp3) is 0.833. The van der Waals surface area contributed by atoms with Gasteiger partial charge in [-0.05, 0) is 46.1 Å². The molecule has 1 aliphatic rings. The summed E-state index contributed by atoms with van der Waals surface area (Å²) in [7, 11) is 2.03. The van der Waals surface area contributed by atoms with E-state index in [0.717, 1.165) is 19.4 Å². The van der Waals surface area contributed by atoms with Crippen LogP contribution in [0.5, 0.6) is 0 Å². The van der Waals surface area contributed by atoms with E-state index in [1.165, 1.54) is 24.8 Å². The minimum Gasteiger partial charge on any atom is -0.377 e. The van der Waals surface area contributed by atoms with E-state index in [1.807, 2.05) is 7.05 Å². The molecule has 2 atom stereocenters. The number of allylic oxidation sites excluding steroid dienone is 1. The molecule has 1 saturated heterocycles. The van der Waals surface area contributed by atoms with E-state index in [9.17, 15) is 0 Å². The Labute approximate surface area is 87.7 Å². The Kier molecular flexibility index (Phi) is 5.20. The van der Waals surface area contributed by atoms with E-state index < -0.39 is 0 Å². The molecule has 0 bridgehead atoms. The monoisotopic (exact) mass is 197 g/mol. The Morgan fingerprint density at radius 3 is 2.86 bits per heavy atom. The molecule has 2 nitrogen and oxygen atoms in total. The second-order valence-corrected chi connectivity index (χ2v) is 4.30. The number of likely N-dealkylation sites (N-methyl/N-ethyl adjacent to an activating group) is 1. The van der Waals surface area contributed by atoms with Gasteiger partial charge in [-0.2, -0.15) is 0 Å². The largest absolute Gasteiger partial charge is 0.377 e. The second-order valence-electron chi connectivity index (χ2n) is 4.30. The van der Waals surface area contributed by atoms with Crippen LogP contribution in [-0.4, -0.2) is 25.8 Å². The van der Waals surface area contributed by atoms with E-state index in [0.29, 0.717) is 12.1 Å². The molecule has 2 unspecified atom stereocenters. The summed E-state index contributed by atoms with van der Waals surface area (Å²) in [6.07, 6.45) is 6.43. The first-order chi connectivity index (χ1) is 6.74. The fourth-order valence-corrected chi connectivity index (χ4v) is 2.00. The summed E-state index contributed by atoms with van der Waals surface area (Å²) in [4.78, 5) is 0. The smallest absolute Gasteiger partial charge is 0.0728 e. The number of ether oxygens (including phenoxy) is 1. The van der Waals surface area contributed by atoms with Crippen LogP contribution in [0.2, 0.25) is 0 Å². The Hall–Kier alpha value is -0.340. The molecule has 0 aromatic rings. The zero-order valence-corrected chi connectivity index (χ0v) is 9.51. The maximum atomic E-state index is 5.77. The molecule has 1 aliphatic heterocycles. The van der Waals surface area contributed by atoms with Crippen molar-refractivity contribution < 1.29 is 4.74 Å². The summed E-state index contributed by atoms with van der Waals surface area (Å²) in [5.41, 5.74) is 1.26. The number of hydrogen-bond donors (Lipinski definition) is 1. The van der Waals surface area contributed by atoms with Crippen LogP contribution in [0.4, 0.5) is 0 Å². The maximum absolute atomic E-state index is 5.77. The molecule has 0 amide bonds. The first-order valence-corrected chi connectivity index (χ1v) is 5.67. The molecule has 0 aliphatic carbocycles. The molecule has 1 N–H and O–H groups in total. The molecule has 14 heavy (non-hydrogen) atoms. The molecule has 0 aromatic carbocycles. The van der Waals surface area contributed by atoms with Crippen molar-refractivity contribution in [3.8, 4) is 0 Å². The molecule has 0 spiro atoms. The van der Waals surface area contributed by atoms with E-state index in [4.69, 9.17) is 4.74 Å². The van der Waals surface area contributed by atoms with Crippen molar-refractivity contribution in [1.82, 2.24) is 5.32 Å². The van der Waals surface area contributed by atoms with Crippen LogP contribution in [0.1, 0.15) is 39.0 Å². The first-order valence-electron chi connectivity index (χ1n) is 5.67. The quantitative estimate of drug-likeness (QED) is 0.684. The first kappa shape index (κ1) is 11.7. The van der Waals surface area contributed by atoms with Crippen LogP contribution in [0.3, 0.4) is 0 Å². The van der Waals surface area contributed by atoms with Gasteiger partial charge in [0.25, 0.3) is 0 Å². The molecule has 0 saturated carbocycles. The van der Waals surface area contributed by atoms with Gasteiger partial charge in [0.1, 0.15) is 0 Å². The van der Waals surface area contributed by atoms with Crippen molar-refractivity contribution in [3.63, 3.8) is 0 Å². The molecule has 0 aromatic heterocycles. The summed E-state index contributed by atoms with van der Waals surface area (Å²) in [6, 6.07) is 0.506. The summed E-state index contributed by atoms with van der Waals surface area (Å²) < 4.78 is 5.77. The Morgan fingerprint density at radius 2 is 2.36 bits per heavy atom. The van der Waals surface area contributed by atoms with Gasteiger partial charge >= 0.3 is 0 Å². The number of rotatable bonds is 5. The highest BCUT2D eigenvalue weighted by Gasteiger charge is 2.22. The number of nitrogens with one attached hydrogen (secondary N) is 1. The molecule has 82 valence electrons. The Morgan fingerprint density at radius 1 is 1.57 bits per heavy atom. The van der Waals surface area contributed by atoms with Gasteiger partial charge in [-0.1, -0.05) is 5.57 Å². The van der Waals surface area contributed by atoms with Gasteiger partial charge in [-0.25, -0.2) is 0 Å². The molecule has 1 fully saturated rings. The van der Waals surface area contributed by atoms with Gasteiger partial charge in [-0.15, -0.1) is 6.58 Å².